The van der Waals surface area contributed by atoms with E-state index in [1.807, 2.05) is 12.1 Å². The molecule has 1 aromatic heterocycles. The zero-order valence-electron chi connectivity index (χ0n) is 8.77. The van der Waals surface area contributed by atoms with E-state index in [1.165, 1.54) is 13.4 Å². The lowest BCUT2D eigenvalue weighted by Crippen LogP contribution is -1.98. The first kappa shape index (κ1) is 10.3. The van der Waals surface area contributed by atoms with Crippen molar-refractivity contribution in [1.29, 1.82) is 0 Å². The molecule has 2 N–H and O–H groups in total. The Balaban J connectivity index is 2.31. The summed E-state index contributed by atoms with van der Waals surface area (Å²) in [6.07, 6.45) is 1.51. The fourth-order valence-corrected chi connectivity index (χ4v) is 1.37. The summed E-state index contributed by atoms with van der Waals surface area (Å²) in [5.74, 6) is -0.295. The fourth-order valence-electron chi connectivity index (χ4n) is 1.37. The zero-order chi connectivity index (χ0) is 11.5. The highest BCUT2D eigenvalue weighted by atomic mass is 16.5. The van der Waals surface area contributed by atoms with Gasteiger partial charge in [-0.25, -0.2) is 4.79 Å². The average Bonchev–Trinajstić information content (AvgIpc) is 2.78. The molecule has 16 heavy (non-hydrogen) atoms. The van der Waals surface area contributed by atoms with Crippen molar-refractivity contribution in [1.82, 2.24) is 0 Å². The highest BCUT2D eigenvalue weighted by molar-refractivity contribution is 5.88. The summed E-state index contributed by atoms with van der Waals surface area (Å²) in [7, 11) is 1.31. The van der Waals surface area contributed by atoms with E-state index in [1.54, 1.807) is 18.2 Å². The monoisotopic (exact) mass is 217 g/mol. The van der Waals surface area contributed by atoms with E-state index in [4.69, 9.17) is 10.2 Å². The number of carbonyl (C=O) groups is 1. The Bertz CT molecular complexity index is 499. The summed E-state index contributed by atoms with van der Waals surface area (Å²) < 4.78 is 9.65. The maximum atomic E-state index is 11.2. The topological polar surface area (TPSA) is 65.5 Å². The highest BCUT2D eigenvalue weighted by Gasteiger charge is 2.11. The number of hydrogen-bond donors (Lipinski definition) is 1. The van der Waals surface area contributed by atoms with E-state index in [2.05, 4.69) is 4.74 Å². The second-order valence-corrected chi connectivity index (χ2v) is 3.31. The molecule has 0 fully saturated rings. The quantitative estimate of drug-likeness (QED) is 0.619. The molecule has 4 nitrogen and oxygen atoms in total. The lowest BCUT2D eigenvalue weighted by Gasteiger charge is -1.96. The fraction of sp³-hybridized carbons (Fsp3) is 0.0833. The second-order valence-electron chi connectivity index (χ2n) is 3.31. The van der Waals surface area contributed by atoms with Crippen molar-refractivity contribution in [3.8, 4) is 11.1 Å². The van der Waals surface area contributed by atoms with E-state index >= 15 is 0 Å². The third-order valence-electron chi connectivity index (χ3n) is 2.23. The van der Waals surface area contributed by atoms with E-state index in [9.17, 15) is 4.79 Å². The van der Waals surface area contributed by atoms with Crippen molar-refractivity contribution >= 4 is 11.7 Å². The summed E-state index contributed by atoms with van der Waals surface area (Å²) in [6, 6.07) is 8.94. The normalized spacial score (nSPS) is 10.1. The zero-order valence-corrected chi connectivity index (χ0v) is 8.77. The molecule has 0 spiro atoms. The Hall–Kier alpha value is -2.23. The number of furan rings is 1. The van der Waals surface area contributed by atoms with Crippen LogP contribution < -0.4 is 5.73 Å². The Morgan fingerprint density at radius 1 is 1.25 bits per heavy atom. The first-order valence-electron chi connectivity index (χ1n) is 4.73. The third-order valence-corrected chi connectivity index (χ3v) is 2.23. The molecule has 0 aliphatic rings. The van der Waals surface area contributed by atoms with Crippen molar-refractivity contribution in [2.45, 2.75) is 0 Å². The van der Waals surface area contributed by atoms with E-state index in [0.717, 1.165) is 11.1 Å². The Kier molecular flexibility index (Phi) is 2.64. The molecule has 1 heterocycles. The molecule has 1 aromatic carbocycles. The van der Waals surface area contributed by atoms with Gasteiger partial charge in [0.25, 0.3) is 0 Å². The molecule has 0 aliphatic heterocycles. The van der Waals surface area contributed by atoms with Crippen LogP contribution in [0, 0.1) is 0 Å². The van der Waals surface area contributed by atoms with E-state index in [0.29, 0.717) is 5.69 Å². The number of carbonyl (C=O) groups excluding carboxylic acids is 1. The van der Waals surface area contributed by atoms with Crippen LogP contribution in [0.3, 0.4) is 0 Å². The molecule has 2 aromatic rings. The third kappa shape index (κ3) is 1.91. The van der Waals surface area contributed by atoms with Crippen LogP contribution in [0.5, 0.6) is 0 Å². The van der Waals surface area contributed by atoms with Crippen molar-refractivity contribution < 1.29 is 13.9 Å². The lowest BCUT2D eigenvalue weighted by molar-refractivity contribution is 0.0565. The number of anilines is 1. The number of nitrogen functional groups attached to an aromatic ring is 1. The summed E-state index contributed by atoms with van der Waals surface area (Å²) in [5, 5.41) is 0. The summed E-state index contributed by atoms with van der Waals surface area (Å²) in [4.78, 5) is 11.2. The highest BCUT2D eigenvalue weighted by Crippen LogP contribution is 2.23. The molecule has 0 radical (unpaired) electrons. The van der Waals surface area contributed by atoms with Crippen molar-refractivity contribution in [3.05, 3.63) is 42.4 Å². The summed E-state index contributed by atoms with van der Waals surface area (Å²) >= 11 is 0. The summed E-state index contributed by atoms with van der Waals surface area (Å²) in [6.45, 7) is 0. The molecule has 0 unspecified atom stereocenters. The molecule has 0 bridgehead atoms. The van der Waals surface area contributed by atoms with Gasteiger partial charge in [0.05, 0.1) is 13.4 Å². The SMILES string of the molecule is COC(=O)c1cc(-c2ccc(N)cc2)co1. The predicted molar refractivity (Wildman–Crippen MR) is 59.9 cm³/mol. The number of ether oxygens (including phenoxy) is 1. The van der Waals surface area contributed by atoms with Gasteiger partial charge in [0.15, 0.2) is 0 Å². The van der Waals surface area contributed by atoms with Crippen molar-refractivity contribution in [3.63, 3.8) is 0 Å². The Morgan fingerprint density at radius 2 is 1.94 bits per heavy atom. The van der Waals surface area contributed by atoms with Gasteiger partial charge in [-0.1, -0.05) is 12.1 Å². The number of rotatable bonds is 2. The van der Waals surface area contributed by atoms with Crippen LogP contribution in [0.4, 0.5) is 5.69 Å². The van der Waals surface area contributed by atoms with Crippen LogP contribution in [-0.2, 0) is 4.74 Å². The molecule has 0 saturated carbocycles. The Morgan fingerprint density at radius 3 is 2.56 bits per heavy atom. The van der Waals surface area contributed by atoms with Gasteiger partial charge in [0, 0.05) is 11.3 Å². The van der Waals surface area contributed by atoms with Crippen LogP contribution in [0.1, 0.15) is 10.6 Å². The largest absolute Gasteiger partial charge is 0.463 e. The van der Waals surface area contributed by atoms with Crippen LogP contribution >= 0.6 is 0 Å². The maximum absolute atomic E-state index is 11.2. The minimum atomic E-state index is -0.485. The molecule has 0 saturated heterocycles. The number of hydrogen-bond acceptors (Lipinski definition) is 4. The van der Waals surface area contributed by atoms with Crippen molar-refractivity contribution in [2.75, 3.05) is 12.8 Å². The summed E-state index contributed by atoms with van der Waals surface area (Å²) in [5.41, 5.74) is 8.03. The van der Waals surface area contributed by atoms with E-state index in [-0.39, 0.29) is 5.76 Å². The van der Waals surface area contributed by atoms with Gasteiger partial charge in [-0.3, -0.25) is 0 Å². The first-order valence-corrected chi connectivity index (χ1v) is 4.73. The minimum Gasteiger partial charge on any atom is -0.463 e. The predicted octanol–water partition coefficient (Wildman–Crippen LogP) is 2.32. The smallest absolute Gasteiger partial charge is 0.373 e. The maximum Gasteiger partial charge on any atom is 0.373 e. The van der Waals surface area contributed by atoms with Gasteiger partial charge in [-0.05, 0) is 23.8 Å². The molecule has 2 rings (SSSR count). The van der Waals surface area contributed by atoms with Gasteiger partial charge in [0.1, 0.15) is 0 Å². The lowest BCUT2D eigenvalue weighted by atomic mass is 10.1. The van der Waals surface area contributed by atoms with Crippen molar-refractivity contribution in [2.24, 2.45) is 0 Å². The number of esters is 1. The molecule has 0 aliphatic carbocycles. The van der Waals surface area contributed by atoms with Crippen LogP contribution in [0.15, 0.2) is 41.0 Å². The van der Waals surface area contributed by atoms with Gasteiger partial charge >= 0.3 is 5.97 Å². The van der Waals surface area contributed by atoms with Gasteiger partial charge in [-0.15, -0.1) is 0 Å². The molecule has 0 atom stereocenters. The van der Waals surface area contributed by atoms with Crippen LogP contribution in [0.2, 0.25) is 0 Å². The standard InChI is InChI=1S/C12H11NO3/c1-15-12(14)11-6-9(7-16-11)8-2-4-10(13)5-3-8/h2-7H,13H2,1H3. The molecular formula is C12H11NO3. The second kappa shape index (κ2) is 4.10. The average molecular weight is 217 g/mol. The number of benzene rings is 1. The number of methoxy groups -OCH3 is 1. The molecular weight excluding hydrogens is 206 g/mol. The van der Waals surface area contributed by atoms with Crippen LogP contribution in [-0.4, -0.2) is 13.1 Å². The minimum absolute atomic E-state index is 0.189. The molecule has 82 valence electrons. The number of nitrogens with two attached hydrogens (primary N) is 1. The van der Waals surface area contributed by atoms with Crippen LogP contribution in [0.25, 0.3) is 11.1 Å². The van der Waals surface area contributed by atoms with Gasteiger partial charge < -0.3 is 14.9 Å². The van der Waals surface area contributed by atoms with Gasteiger partial charge in [0.2, 0.25) is 5.76 Å². The van der Waals surface area contributed by atoms with Gasteiger partial charge in [-0.2, -0.15) is 0 Å². The molecule has 4 heteroatoms. The Labute approximate surface area is 92.6 Å². The molecule has 0 amide bonds. The van der Waals surface area contributed by atoms with E-state index < -0.39 is 5.97 Å². The first-order chi connectivity index (χ1) is 7.70.